The highest BCUT2D eigenvalue weighted by molar-refractivity contribution is 6.23. The van der Waals surface area contributed by atoms with E-state index in [9.17, 15) is 28.8 Å². The summed E-state index contributed by atoms with van der Waals surface area (Å²) < 4.78 is 8.86. The van der Waals surface area contributed by atoms with E-state index in [1.807, 2.05) is 22.1 Å². The highest BCUT2D eigenvalue weighted by Gasteiger charge is 2.47. The Morgan fingerprint density at radius 2 is 1.56 bits per heavy atom. The summed E-state index contributed by atoms with van der Waals surface area (Å²) >= 11 is 0. The molecule has 3 aromatic rings. The smallest absolute Gasteiger partial charge is 0.262 e. The minimum Gasteiger partial charge on any atom is -0.489 e. The van der Waals surface area contributed by atoms with Crippen LogP contribution in [0.5, 0.6) is 5.75 Å². The number of piperidine rings is 2. The van der Waals surface area contributed by atoms with Gasteiger partial charge in [-0.25, -0.2) is 0 Å². The van der Waals surface area contributed by atoms with Gasteiger partial charge in [-0.15, -0.1) is 0 Å². The number of nitrogens with zero attached hydrogens (tertiary/aromatic N) is 7. The summed E-state index contributed by atoms with van der Waals surface area (Å²) in [5.74, 6) is 0.107. The average Bonchev–Trinajstić information content (AvgIpc) is 3.52. The lowest BCUT2D eigenvalue weighted by atomic mass is 9.91. The van der Waals surface area contributed by atoms with Crippen molar-refractivity contribution in [2.24, 2.45) is 17.8 Å². The van der Waals surface area contributed by atoms with Gasteiger partial charge >= 0.3 is 0 Å². The number of fused-ring (bicyclic) bond motifs is 3. The van der Waals surface area contributed by atoms with Gasteiger partial charge in [0.25, 0.3) is 11.8 Å². The maximum Gasteiger partial charge on any atom is 0.262 e. The van der Waals surface area contributed by atoms with Gasteiger partial charge in [0, 0.05) is 98.1 Å². The quantitative estimate of drug-likeness (QED) is 0.310. The van der Waals surface area contributed by atoms with Crippen LogP contribution in [0.4, 0.5) is 11.4 Å². The first-order chi connectivity index (χ1) is 30.1. The van der Waals surface area contributed by atoms with Gasteiger partial charge in [0.15, 0.2) is 0 Å². The number of imide groups is 2. The molecule has 2 aliphatic carbocycles. The number of likely N-dealkylation sites (tertiary alicyclic amines) is 2. The van der Waals surface area contributed by atoms with Crippen molar-refractivity contribution < 1.29 is 33.5 Å². The minimum absolute atomic E-state index is 0.0803. The SMILES string of the molecule is C[C@H]1CCc2c(ccc(-c3cnn(C4CCN(CC(=O)N5CC6CN(c7ccc8c(c7)C(=O)N(C7CCC(=O)NC7=O)C8=O)CC6C5)CC4)c3)c2OC2CCC2)N1C(=O)C1CC1. The topological polar surface area (TPSA) is 158 Å². The number of carbonyl (C=O) groups excluding carboxylic acids is 6. The molecule has 1 N–H and O–H groups in total. The third kappa shape index (κ3) is 6.87. The molecule has 0 radical (unpaired) electrons. The molecule has 0 spiro atoms. The van der Waals surface area contributed by atoms with Crippen LogP contribution in [0.25, 0.3) is 11.1 Å². The number of carbonyl (C=O) groups is 6. The molecule has 8 aliphatic rings. The van der Waals surface area contributed by atoms with Crippen molar-refractivity contribution in [2.45, 2.75) is 102 Å². The van der Waals surface area contributed by atoms with Crippen LogP contribution in [-0.2, 0) is 25.6 Å². The molecule has 1 aromatic heterocycles. The molecular weight excluding hydrogens is 789 g/mol. The largest absolute Gasteiger partial charge is 0.489 e. The van der Waals surface area contributed by atoms with Crippen LogP contribution in [0.1, 0.15) is 103 Å². The van der Waals surface area contributed by atoms with Crippen LogP contribution in [0.2, 0.25) is 0 Å². The number of hydrogen-bond donors (Lipinski definition) is 1. The van der Waals surface area contributed by atoms with Crippen LogP contribution in [0.15, 0.2) is 42.7 Å². The van der Waals surface area contributed by atoms with Gasteiger partial charge in [-0.3, -0.25) is 48.6 Å². The van der Waals surface area contributed by atoms with E-state index >= 15 is 0 Å². The molecule has 15 heteroatoms. The van der Waals surface area contributed by atoms with E-state index in [1.165, 1.54) is 6.42 Å². The third-order valence-corrected chi connectivity index (χ3v) is 15.1. The summed E-state index contributed by atoms with van der Waals surface area (Å²) in [6.07, 6.45) is 13.4. The van der Waals surface area contributed by atoms with E-state index in [2.05, 4.69) is 45.1 Å². The number of amides is 6. The molecule has 7 heterocycles. The van der Waals surface area contributed by atoms with Crippen LogP contribution in [0.3, 0.4) is 0 Å². The van der Waals surface area contributed by atoms with E-state index in [4.69, 9.17) is 9.84 Å². The van der Waals surface area contributed by atoms with Gasteiger partial charge in [-0.1, -0.05) is 0 Å². The lowest BCUT2D eigenvalue weighted by molar-refractivity contribution is -0.136. The number of rotatable bonds is 9. The summed E-state index contributed by atoms with van der Waals surface area (Å²) in [5.41, 5.74) is 5.66. The zero-order valence-corrected chi connectivity index (χ0v) is 35.3. The Labute approximate surface area is 360 Å². The Balaban J connectivity index is 0.691. The zero-order valence-electron chi connectivity index (χ0n) is 35.3. The van der Waals surface area contributed by atoms with Crippen molar-refractivity contribution in [2.75, 3.05) is 55.6 Å². The number of aromatic nitrogens is 2. The van der Waals surface area contributed by atoms with Crippen molar-refractivity contribution >= 4 is 46.8 Å². The van der Waals surface area contributed by atoms with E-state index in [0.29, 0.717) is 31.5 Å². The van der Waals surface area contributed by atoms with Crippen molar-refractivity contribution in [1.29, 1.82) is 0 Å². The van der Waals surface area contributed by atoms with Crippen molar-refractivity contribution in [3.05, 3.63) is 59.4 Å². The maximum atomic E-state index is 13.7. The standard InChI is InChI=1S/C47H54N8O7/c1-27-5-9-37-39(54(27)45(59)28-6-7-28)12-11-35(43(37)62-34-3-2-4-34)29-20-48-53(25-29)32-15-17-50(18-16-32)26-42(57)52-23-30-21-51(22-31(30)24-52)33-8-10-36-38(19-33)47(61)55(46(36)60)40-13-14-41(56)49-44(40)58/h8,10-12,19-20,25,27-28,30-32,34,40H,2-7,9,13-18,21-24,26H2,1H3,(H,49,56,58)/t27-,30?,31?,40?/m0/s1. The van der Waals surface area contributed by atoms with Gasteiger partial charge in [-0.05, 0) is 101 Å². The molecule has 324 valence electrons. The number of ether oxygens (including phenoxy) is 1. The van der Waals surface area contributed by atoms with Gasteiger partial charge < -0.3 is 19.4 Å². The number of benzene rings is 2. The molecule has 15 nitrogen and oxygen atoms in total. The Kier molecular flexibility index (Phi) is 9.73. The molecule has 4 saturated heterocycles. The number of hydrogen-bond acceptors (Lipinski definition) is 10. The summed E-state index contributed by atoms with van der Waals surface area (Å²) in [5, 5.41) is 7.12. The van der Waals surface area contributed by atoms with Crippen molar-refractivity contribution in [3.8, 4) is 16.9 Å². The summed E-state index contributed by atoms with van der Waals surface area (Å²) in [6.45, 7) is 7.10. The maximum absolute atomic E-state index is 13.7. The second kappa shape index (κ2) is 15.4. The molecule has 6 aliphatic heterocycles. The van der Waals surface area contributed by atoms with Crippen LogP contribution < -0.4 is 19.9 Å². The Hall–Kier alpha value is -5.57. The fourth-order valence-corrected chi connectivity index (χ4v) is 11.1. The van der Waals surface area contributed by atoms with E-state index < -0.39 is 29.7 Å². The zero-order chi connectivity index (χ0) is 42.4. The molecule has 6 amide bonds. The predicted octanol–water partition coefficient (Wildman–Crippen LogP) is 4.19. The van der Waals surface area contributed by atoms with Crippen molar-refractivity contribution in [1.82, 2.24) is 29.8 Å². The fourth-order valence-electron chi connectivity index (χ4n) is 11.1. The molecular formula is C47H54N8O7. The minimum atomic E-state index is -0.992. The molecule has 4 atom stereocenters. The van der Waals surface area contributed by atoms with Gasteiger partial charge in [-0.2, -0.15) is 5.10 Å². The van der Waals surface area contributed by atoms with Crippen LogP contribution in [-0.4, -0.2) is 124 Å². The molecule has 11 rings (SSSR count). The highest BCUT2D eigenvalue weighted by atomic mass is 16.5. The lowest BCUT2D eigenvalue weighted by Gasteiger charge is -2.38. The Morgan fingerprint density at radius 1 is 0.823 bits per heavy atom. The Morgan fingerprint density at radius 3 is 2.27 bits per heavy atom. The normalized spacial score (nSPS) is 26.7. The number of nitrogens with one attached hydrogen (secondary N) is 1. The van der Waals surface area contributed by atoms with E-state index in [-0.39, 0.29) is 59.9 Å². The summed E-state index contributed by atoms with van der Waals surface area (Å²) in [7, 11) is 0. The molecule has 0 bridgehead atoms. The predicted molar refractivity (Wildman–Crippen MR) is 228 cm³/mol. The second-order valence-corrected chi connectivity index (χ2v) is 19.1. The van der Waals surface area contributed by atoms with E-state index in [0.717, 1.165) is 116 Å². The first-order valence-electron chi connectivity index (χ1n) is 22.9. The molecule has 6 fully saturated rings. The second-order valence-electron chi connectivity index (χ2n) is 19.1. The molecule has 3 unspecified atom stereocenters. The fraction of sp³-hybridized carbons (Fsp3) is 0.553. The first kappa shape index (κ1) is 39.3. The van der Waals surface area contributed by atoms with Gasteiger partial charge in [0.1, 0.15) is 11.8 Å². The first-order valence-corrected chi connectivity index (χ1v) is 22.9. The van der Waals surface area contributed by atoms with Gasteiger partial charge in [0.05, 0.1) is 41.7 Å². The Bertz CT molecular complexity index is 2370. The van der Waals surface area contributed by atoms with Gasteiger partial charge in [0.2, 0.25) is 23.6 Å². The molecule has 2 aromatic carbocycles. The third-order valence-electron chi connectivity index (χ3n) is 15.1. The van der Waals surface area contributed by atoms with Crippen molar-refractivity contribution in [3.63, 3.8) is 0 Å². The lowest BCUT2D eigenvalue weighted by Crippen LogP contribution is -2.54. The monoisotopic (exact) mass is 842 g/mol. The van der Waals surface area contributed by atoms with Crippen LogP contribution >= 0.6 is 0 Å². The summed E-state index contributed by atoms with van der Waals surface area (Å²) in [4.78, 5) is 87.4. The molecule has 62 heavy (non-hydrogen) atoms. The molecule has 2 saturated carbocycles. The number of anilines is 2. The van der Waals surface area contributed by atoms with Crippen LogP contribution in [0, 0.1) is 17.8 Å². The summed E-state index contributed by atoms with van der Waals surface area (Å²) in [6, 6.07) is 8.97. The van der Waals surface area contributed by atoms with E-state index in [1.54, 1.807) is 12.1 Å². The average molecular weight is 843 g/mol. The highest BCUT2D eigenvalue weighted by Crippen LogP contribution is 2.47.